The molecule has 1 unspecified atom stereocenters. The van der Waals surface area contributed by atoms with Crippen molar-refractivity contribution < 1.29 is 0 Å². The molecule has 0 heterocycles. The maximum Gasteiger partial charge on any atom is -0.0245 e. The molecule has 84 valence electrons. The maximum absolute atomic E-state index is 2.39. The van der Waals surface area contributed by atoms with Gasteiger partial charge >= 0.3 is 0 Å². The Labute approximate surface area is 94.7 Å². The maximum atomic E-state index is 2.39. The molecule has 0 radical (unpaired) electrons. The van der Waals surface area contributed by atoms with Crippen LogP contribution in [0.4, 0.5) is 0 Å². The molecular formula is C15H24. The van der Waals surface area contributed by atoms with Crippen molar-refractivity contribution in [3.05, 3.63) is 35.9 Å². The van der Waals surface area contributed by atoms with Crippen molar-refractivity contribution in [2.75, 3.05) is 0 Å². The molecule has 0 nitrogen and oxygen atoms in total. The fourth-order valence-electron chi connectivity index (χ4n) is 2.16. The van der Waals surface area contributed by atoms with Gasteiger partial charge in [-0.2, -0.15) is 0 Å². The van der Waals surface area contributed by atoms with E-state index in [0.717, 1.165) is 5.92 Å². The zero-order valence-corrected chi connectivity index (χ0v) is 10.6. The lowest BCUT2D eigenvalue weighted by atomic mass is 9.72. The Hall–Kier alpha value is -0.780. The van der Waals surface area contributed by atoms with Crippen molar-refractivity contribution >= 4 is 0 Å². The summed E-state index contributed by atoms with van der Waals surface area (Å²) in [6.45, 7) is 9.40. The van der Waals surface area contributed by atoms with E-state index in [1.54, 1.807) is 0 Å². The summed E-state index contributed by atoms with van der Waals surface area (Å²) in [6.07, 6.45) is 3.76. The highest BCUT2D eigenvalue weighted by atomic mass is 14.3. The van der Waals surface area contributed by atoms with Crippen molar-refractivity contribution in [2.45, 2.75) is 47.0 Å². The molecule has 0 saturated heterocycles. The zero-order chi connectivity index (χ0) is 11.3. The van der Waals surface area contributed by atoms with Crippen LogP contribution in [-0.2, 0) is 6.42 Å². The zero-order valence-electron chi connectivity index (χ0n) is 10.6. The van der Waals surface area contributed by atoms with Crippen LogP contribution >= 0.6 is 0 Å². The fourth-order valence-corrected chi connectivity index (χ4v) is 2.16. The number of benzene rings is 1. The highest BCUT2D eigenvalue weighted by molar-refractivity contribution is 5.15. The van der Waals surface area contributed by atoms with Gasteiger partial charge in [-0.3, -0.25) is 0 Å². The van der Waals surface area contributed by atoms with E-state index in [0.29, 0.717) is 5.41 Å². The third-order valence-electron chi connectivity index (χ3n) is 3.83. The van der Waals surface area contributed by atoms with E-state index >= 15 is 0 Å². The van der Waals surface area contributed by atoms with E-state index in [1.165, 1.54) is 24.8 Å². The average molecular weight is 204 g/mol. The Morgan fingerprint density at radius 3 is 2.13 bits per heavy atom. The molecule has 0 spiro atoms. The normalized spacial score (nSPS) is 13.9. The van der Waals surface area contributed by atoms with Gasteiger partial charge in [0, 0.05) is 0 Å². The number of hydrogen-bond acceptors (Lipinski definition) is 0. The van der Waals surface area contributed by atoms with Crippen molar-refractivity contribution in [1.82, 2.24) is 0 Å². The molecule has 0 aliphatic carbocycles. The predicted octanol–water partition coefficient (Wildman–Crippen LogP) is 4.69. The highest BCUT2D eigenvalue weighted by Gasteiger charge is 2.25. The van der Waals surface area contributed by atoms with E-state index in [2.05, 4.69) is 58.0 Å². The summed E-state index contributed by atoms with van der Waals surface area (Å²) in [5, 5.41) is 0. The molecule has 0 saturated carbocycles. The predicted molar refractivity (Wildman–Crippen MR) is 68.0 cm³/mol. The van der Waals surface area contributed by atoms with Gasteiger partial charge in [0.15, 0.2) is 0 Å². The minimum absolute atomic E-state index is 0.463. The standard InChI is InChI=1S/C15H24/c1-5-14(15(3,4)6-2)12-13-10-8-7-9-11-13/h7-11,14H,5-6,12H2,1-4H3. The van der Waals surface area contributed by atoms with Gasteiger partial charge in [0.05, 0.1) is 0 Å². The first-order valence-electron chi connectivity index (χ1n) is 6.14. The summed E-state index contributed by atoms with van der Waals surface area (Å²) in [7, 11) is 0. The van der Waals surface area contributed by atoms with Crippen LogP contribution in [0.1, 0.15) is 46.1 Å². The molecule has 0 amide bonds. The quantitative estimate of drug-likeness (QED) is 0.652. The van der Waals surface area contributed by atoms with Gasteiger partial charge in [-0.1, -0.05) is 70.9 Å². The lowest BCUT2D eigenvalue weighted by molar-refractivity contribution is 0.196. The van der Waals surface area contributed by atoms with E-state index in [9.17, 15) is 0 Å². The van der Waals surface area contributed by atoms with Crippen LogP contribution in [0.2, 0.25) is 0 Å². The Balaban J connectivity index is 2.70. The van der Waals surface area contributed by atoms with Crippen LogP contribution in [0.3, 0.4) is 0 Å². The van der Waals surface area contributed by atoms with Crippen LogP contribution in [0.5, 0.6) is 0 Å². The van der Waals surface area contributed by atoms with Crippen molar-refractivity contribution in [1.29, 1.82) is 0 Å². The summed E-state index contributed by atoms with van der Waals surface area (Å²) in [5.41, 5.74) is 1.94. The van der Waals surface area contributed by atoms with E-state index in [-0.39, 0.29) is 0 Å². The van der Waals surface area contributed by atoms with E-state index < -0.39 is 0 Å². The van der Waals surface area contributed by atoms with E-state index in [1.807, 2.05) is 0 Å². The molecule has 0 aliphatic heterocycles. The second-order valence-electron chi connectivity index (χ2n) is 5.14. The first-order chi connectivity index (χ1) is 7.10. The largest absolute Gasteiger partial charge is 0.0651 e. The fraction of sp³-hybridized carbons (Fsp3) is 0.600. The lowest BCUT2D eigenvalue weighted by Crippen LogP contribution is -2.24. The third-order valence-corrected chi connectivity index (χ3v) is 3.83. The number of hydrogen-bond donors (Lipinski definition) is 0. The molecule has 0 heteroatoms. The third kappa shape index (κ3) is 3.37. The first kappa shape index (κ1) is 12.3. The van der Waals surface area contributed by atoms with Crippen LogP contribution in [-0.4, -0.2) is 0 Å². The Morgan fingerprint density at radius 1 is 1.07 bits per heavy atom. The van der Waals surface area contributed by atoms with Crippen LogP contribution in [0.15, 0.2) is 30.3 Å². The lowest BCUT2D eigenvalue weighted by Gasteiger charge is -2.33. The molecule has 1 aromatic carbocycles. The Morgan fingerprint density at radius 2 is 1.67 bits per heavy atom. The average Bonchev–Trinajstić information content (AvgIpc) is 2.27. The summed E-state index contributed by atoms with van der Waals surface area (Å²) >= 11 is 0. The topological polar surface area (TPSA) is 0 Å². The van der Waals surface area contributed by atoms with Gasteiger partial charge in [0.25, 0.3) is 0 Å². The first-order valence-corrected chi connectivity index (χ1v) is 6.14. The molecule has 0 bridgehead atoms. The van der Waals surface area contributed by atoms with Gasteiger partial charge in [0.2, 0.25) is 0 Å². The van der Waals surface area contributed by atoms with Gasteiger partial charge in [-0.25, -0.2) is 0 Å². The van der Waals surface area contributed by atoms with Gasteiger partial charge < -0.3 is 0 Å². The molecule has 0 aromatic heterocycles. The summed E-state index contributed by atoms with van der Waals surface area (Å²) in [4.78, 5) is 0. The Kier molecular flexibility index (Phi) is 4.38. The summed E-state index contributed by atoms with van der Waals surface area (Å²) in [6, 6.07) is 10.9. The molecule has 0 aliphatic rings. The van der Waals surface area contributed by atoms with E-state index in [4.69, 9.17) is 0 Å². The van der Waals surface area contributed by atoms with Gasteiger partial charge in [-0.15, -0.1) is 0 Å². The highest BCUT2D eigenvalue weighted by Crippen LogP contribution is 2.35. The van der Waals surface area contributed by atoms with Crippen LogP contribution < -0.4 is 0 Å². The minimum Gasteiger partial charge on any atom is -0.0651 e. The van der Waals surface area contributed by atoms with Gasteiger partial charge in [0.1, 0.15) is 0 Å². The van der Waals surface area contributed by atoms with Crippen molar-refractivity contribution in [3.8, 4) is 0 Å². The molecule has 15 heavy (non-hydrogen) atoms. The molecule has 1 rings (SSSR count). The minimum atomic E-state index is 0.463. The molecular weight excluding hydrogens is 180 g/mol. The molecule has 0 fully saturated rings. The van der Waals surface area contributed by atoms with Crippen LogP contribution in [0.25, 0.3) is 0 Å². The molecule has 1 aromatic rings. The SMILES string of the molecule is CCC(Cc1ccccc1)C(C)(C)CC. The van der Waals surface area contributed by atoms with Crippen molar-refractivity contribution in [2.24, 2.45) is 11.3 Å². The monoisotopic (exact) mass is 204 g/mol. The molecule has 0 N–H and O–H groups in total. The second-order valence-corrected chi connectivity index (χ2v) is 5.14. The summed E-state index contributed by atoms with van der Waals surface area (Å²) in [5.74, 6) is 0.796. The molecule has 1 atom stereocenters. The van der Waals surface area contributed by atoms with Crippen LogP contribution in [0, 0.1) is 11.3 Å². The summed E-state index contributed by atoms with van der Waals surface area (Å²) < 4.78 is 0. The smallest absolute Gasteiger partial charge is 0.0245 e. The van der Waals surface area contributed by atoms with Crippen molar-refractivity contribution in [3.63, 3.8) is 0 Å². The van der Waals surface area contributed by atoms with Gasteiger partial charge in [-0.05, 0) is 23.3 Å². The Bertz CT molecular complexity index is 271. The number of rotatable bonds is 5. The second kappa shape index (κ2) is 5.34.